The number of aromatic hydroxyl groups is 1. The molecule has 1 nitrogen and oxygen atoms in total. The number of rotatable bonds is 6. The van der Waals surface area contributed by atoms with E-state index in [0.717, 1.165) is 0 Å². The van der Waals surface area contributed by atoms with Gasteiger partial charge in [-0.05, 0) is 36.5 Å². The van der Waals surface area contributed by atoms with Gasteiger partial charge in [-0.2, -0.15) is 0 Å². The predicted molar refractivity (Wildman–Crippen MR) is 65.3 cm³/mol. The van der Waals surface area contributed by atoms with Crippen LogP contribution in [0.1, 0.15) is 57.4 Å². The molecular formula is C14H22O. The Labute approximate surface area is 93.1 Å². The SMILES string of the molecule is CCCCC[C@@H](CC)c1ccc(O)cc1. The molecule has 0 aliphatic heterocycles. The molecule has 1 aromatic carbocycles. The van der Waals surface area contributed by atoms with Crippen molar-refractivity contribution in [3.63, 3.8) is 0 Å². The normalized spacial score (nSPS) is 12.7. The van der Waals surface area contributed by atoms with Crippen LogP contribution in [0.4, 0.5) is 0 Å². The molecule has 1 atom stereocenters. The van der Waals surface area contributed by atoms with E-state index in [1.165, 1.54) is 37.7 Å². The van der Waals surface area contributed by atoms with Crippen molar-refractivity contribution >= 4 is 0 Å². The Hall–Kier alpha value is -0.980. The molecule has 0 aliphatic carbocycles. The summed E-state index contributed by atoms with van der Waals surface area (Å²) in [5.74, 6) is 1.03. The van der Waals surface area contributed by atoms with Crippen molar-refractivity contribution in [3.8, 4) is 5.75 Å². The first-order valence-corrected chi connectivity index (χ1v) is 6.06. The maximum Gasteiger partial charge on any atom is 0.115 e. The fourth-order valence-corrected chi connectivity index (χ4v) is 1.99. The highest BCUT2D eigenvalue weighted by atomic mass is 16.3. The van der Waals surface area contributed by atoms with Gasteiger partial charge in [0.1, 0.15) is 5.75 Å². The second-order valence-electron chi connectivity index (χ2n) is 4.19. The van der Waals surface area contributed by atoms with Gasteiger partial charge in [0.2, 0.25) is 0 Å². The van der Waals surface area contributed by atoms with E-state index in [9.17, 15) is 5.11 Å². The average Bonchev–Trinajstić information content (AvgIpc) is 2.26. The number of phenols is 1. The maximum absolute atomic E-state index is 9.23. The Bertz CT molecular complexity index is 263. The molecule has 1 heteroatoms. The highest BCUT2D eigenvalue weighted by Crippen LogP contribution is 2.26. The van der Waals surface area contributed by atoms with Crippen LogP contribution in [0.5, 0.6) is 5.75 Å². The molecule has 0 amide bonds. The standard InChI is InChI=1S/C14H22O/c1-3-5-6-7-12(4-2)13-8-10-14(15)11-9-13/h8-12,15H,3-7H2,1-2H3/t12-/m1/s1. The first kappa shape index (κ1) is 12.1. The summed E-state index contributed by atoms with van der Waals surface area (Å²) in [6.45, 7) is 4.48. The van der Waals surface area contributed by atoms with Crippen molar-refractivity contribution in [3.05, 3.63) is 29.8 Å². The molecule has 0 bridgehead atoms. The van der Waals surface area contributed by atoms with E-state index < -0.39 is 0 Å². The molecule has 0 unspecified atom stereocenters. The molecule has 0 saturated heterocycles. The predicted octanol–water partition coefficient (Wildman–Crippen LogP) is 4.47. The Morgan fingerprint density at radius 2 is 1.73 bits per heavy atom. The zero-order valence-corrected chi connectivity index (χ0v) is 9.87. The van der Waals surface area contributed by atoms with E-state index in [1.807, 2.05) is 0 Å². The second kappa shape index (κ2) is 6.49. The van der Waals surface area contributed by atoms with Crippen LogP contribution in [0.2, 0.25) is 0 Å². The molecule has 0 fully saturated rings. The number of hydrogen-bond acceptors (Lipinski definition) is 1. The third-order valence-electron chi connectivity index (χ3n) is 3.01. The van der Waals surface area contributed by atoms with Gasteiger partial charge >= 0.3 is 0 Å². The number of hydrogen-bond donors (Lipinski definition) is 1. The highest BCUT2D eigenvalue weighted by molar-refractivity contribution is 5.28. The van der Waals surface area contributed by atoms with Gasteiger partial charge in [0, 0.05) is 0 Å². The van der Waals surface area contributed by atoms with Gasteiger partial charge in [0.25, 0.3) is 0 Å². The molecule has 1 N–H and O–H groups in total. The largest absolute Gasteiger partial charge is 0.508 e. The van der Waals surface area contributed by atoms with Crippen LogP contribution >= 0.6 is 0 Å². The fourth-order valence-electron chi connectivity index (χ4n) is 1.99. The second-order valence-corrected chi connectivity index (χ2v) is 4.19. The molecule has 0 aromatic heterocycles. The van der Waals surface area contributed by atoms with E-state index in [2.05, 4.69) is 26.0 Å². The Morgan fingerprint density at radius 3 is 2.27 bits per heavy atom. The monoisotopic (exact) mass is 206 g/mol. The average molecular weight is 206 g/mol. The summed E-state index contributed by atoms with van der Waals surface area (Å²) in [6, 6.07) is 7.68. The van der Waals surface area contributed by atoms with Crippen molar-refractivity contribution in [1.29, 1.82) is 0 Å². The minimum Gasteiger partial charge on any atom is -0.508 e. The lowest BCUT2D eigenvalue weighted by atomic mass is 9.91. The molecule has 1 aromatic rings. The number of benzene rings is 1. The topological polar surface area (TPSA) is 20.2 Å². The van der Waals surface area contributed by atoms with Crippen LogP contribution in [-0.4, -0.2) is 5.11 Å². The van der Waals surface area contributed by atoms with Gasteiger partial charge in [-0.1, -0.05) is 45.2 Å². The van der Waals surface area contributed by atoms with E-state index in [0.29, 0.717) is 11.7 Å². The lowest BCUT2D eigenvalue weighted by molar-refractivity contribution is 0.474. The van der Waals surface area contributed by atoms with Gasteiger partial charge in [-0.15, -0.1) is 0 Å². The van der Waals surface area contributed by atoms with Crippen molar-refractivity contribution in [2.75, 3.05) is 0 Å². The number of phenolic OH excluding ortho intramolecular Hbond substituents is 1. The Morgan fingerprint density at radius 1 is 1.07 bits per heavy atom. The smallest absolute Gasteiger partial charge is 0.115 e. The molecule has 0 saturated carbocycles. The van der Waals surface area contributed by atoms with Crippen molar-refractivity contribution in [2.45, 2.75) is 51.9 Å². The van der Waals surface area contributed by atoms with Gasteiger partial charge in [0.15, 0.2) is 0 Å². The van der Waals surface area contributed by atoms with Gasteiger partial charge in [-0.3, -0.25) is 0 Å². The van der Waals surface area contributed by atoms with Crippen molar-refractivity contribution in [2.24, 2.45) is 0 Å². The minimum atomic E-state index is 0.363. The van der Waals surface area contributed by atoms with E-state index in [-0.39, 0.29) is 0 Å². The van der Waals surface area contributed by atoms with Crippen LogP contribution < -0.4 is 0 Å². The zero-order valence-electron chi connectivity index (χ0n) is 9.87. The van der Waals surface area contributed by atoms with Gasteiger partial charge < -0.3 is 5.11 Å². The molecule has 0 spiro atoms. The lowest BCUT2D eigenvalue weighted by Gasteiger charge is -2.15. The summed E-state index contributed by atoms with van der Waals surface area (Å²) >= 11 is 0. The highest BCUT2D eigenvalue weighted by Gasteiger charge is 2.08. The van der Waals surface area contributed by atoms with Crippen LogP contribution in [0, 0.1) is 0 Å². The Kier molecular flexibility index (Phi) is 5.23. The van der Waals surface area contributed by atoms with Crippen molar-refractivity contribution < 1.29 is 5.11 Å². The molecular weight excluding hydrogens is 184 g/mol. The van der Waals surface area contributed by atoms with Gasteiger partial charge in [0.05, 0.1) is 0 Å². The van der Waals surface area contributed by atoms with Crippen LogP contribution in [0.15, 0.2) is 24.3 Å². The molecule has 0 aliphatic rings. The van der Waals surface area contributed by atoms with E-state index in [1.54, 1.807) is 12.1 Å². The van der Waals surface area contributed by atoms with E-state index in [4.69, 9.17) is 0 Å². The third kappa shape index (κ3) is 3.94. The summed E-state index contributed by atoms with van der Waals surface area (Å²) in [6.07, 6.45) is 6.39. The first-order valence-electron chi connectivity index (χ1n) is 6.06. The summed E-state index contributed by atoms with van der Waals surface area (Å²) < 4.78 is 0. The summed E-state index contributed by atoms with van der Waals surface area (Å²) in [7, 11) is 0. The Balaban J connectivity index is 2.53. The lowest BCUT2D eigenvalue weighted by Crippen LogP contribution is -1.97. The quantitative estimate of drug-likeness (QED) is 0.681. The molecule has 0 radical (unpaired) electrons. The molecule has 15 heavy (non-hydrogen) atoms. The summed E-state index contributed by atoms with van der Waals surface area (Å²) in [5.41, 5.74) is 1.37. The minimum absolute atomic E-state index is 0.363. The van der Waals surface area contributed by atoms with Crippen LogP contribution in [0.25, 0.3) is 0 Å². The van der Waals surface area contributed by atoms with Crippen LogP contribution in [0.3, 0.4) is 0 Å². The first-order chi connectivity index (χ1) is 7.27. The molecule has 0 heterocycles. The van der Waals surface area contributed by atoms with E-state index >= 15 is 0 Å². The summed E-state index contributed by atoms with van der Waals surface area (Å²) in [5, 5.41) is 9.23. The zero-order chi connectivity index (χ0) is 11.1. The summed E-state index contributed by atoms with van der Waals surface area (Å²) in [4.78, 5) is 0. The fraction of sp³-hybridized carbons (Fsp3) is 0.571. The third-order valence-corrected chi connectivity index (χ3v) is 3.01. The van der Waals surface area contributed by atoms with Gasteiger partial charge in [-0.25, -0.2) is 0 Å². The maximum atomic E-state index is 9.23. The molecule has 84 valence electrons. The van der Waals surface area contributed by atoms with Crippen molar-refractivity contribution in [1.82, 2.24) is 0 Å². The number of unbranched alkanes of at least 4 members (excludes halogenated alkanes) is 2. The van der Waals surface area contributed by atoms with Crippen LogP contribution in [-0.2, 0) is 0 Å². The molecule has 1 rings (SSSR count).